The van der Waals surface area contributed by atoms with Crippen LogP contribution in [0, 0.1) is 0 Å². The molecule has 1 heterocycles. The summed E-state index contributed by atoms with van der Waals surface area (Å²) in [6.07, 6.45) is 1.46. The molecule has 0 unspecified atom stereocenters. The van der Waals surface area contributed by atoms with Crippen LogP contribution in [0.1, 0.15) is 10.4 Å². The third-order valence-corrected chi connectivity index (χ3v) is 5.74. The Labute approximate surface area is 115 Å². The third-order valence-electron chi connectivity index (χ3n) is 2.22. The monoisotopic (exact) mass is 299 g/mol. The molecule has 6 heteroatoms. The second kappa shape index (κ2) is 5.22. The van der Waals surface area contributed by atoms with Crippen LogP contribution in [-0.2, 0) is 9.73 Å². The molecule has 0 aliphatic carbocycles. The number of nitrogens with zero attached hydrogens (tertiary/aromatic N) is 1. The molecule has 0 radical (unpaired) electrons. The van der Waals surface area contributed by atoms with Crippen molar-refractivity contribution in [3.8, 4) is 0 Å². The fourth-order valence-corrected chi connectivity index (χ4v) is 3.74. The fraction of sp³-hybridized carbons (Fsp3) is 0.0833. The molecule has 0 saturated carbocycles. The van der Waals surface area contributed by atoms with E-state index in [9.17, 15) is 9.00 Å². The predicted octanol–water partition coefficient (Wildman–Crippen LogP) is 3.70. The Hall–Kier alpha value is -1.17. The zero-order valence-corrected chi connectivity index (χ0v) is 11.9. The minimum absolute atomic E-state index is 0.380. The molecule has 18 heavy (non-hydrogen) atoms. The van der Waals surface area contributed by atoms with Crippen LogP contribution in [-0.4, -0.2) is 16.4 Å². The molecule has 1 aromatic heterocycles. The van der Waals surface area contributed by atoms with Gasteiger partial charge in [-0.25, -0.2) is 4.21 Å². The normalized spacial score (nSPS) is 13.9. The molecule has 1 aromatic carbocycles. The Morgan fingerprint density at radius 3 is 2.50 bits per heavy atom. The average Bonchev–Trinajstić information content (AvgIpc) is 2.83. The lowest BCUT2D eigenvalue weighted by Gasteiger charge is -2.00. The number of carbonyl (C=O) groups excluding carboxylic acids is 1. The summed E-state index contributed by atoms with van der Waals surface area (Å²) in [5.41, 5.74) is 0.380. The maximum atomic E-state index is 12.3. The van der Waals surface area contributed by atoms with Crippen molar-refractivity contribution in [3.05, 3.63) is 52.4 Å². The quantitative estimate of drug-likeness (QED) is 0.849. The van der Waals surface area contributed by atoms with Crippen LogP contribution in [0.15, 0.2) is 50.4 Å². The first kappa shape index (κ1) is 13.3. The summed E-state index contributed by atoms with van der Waals surface area (Å²) in [6, 6.07) is 9.84. The van der Waals surface area contributed by atoms with E-state index in [1.807, 2.05) is 0 Å². The first-order chi connectivity index (χ1) is 8.49. The van der Waals surface area contributed by atoms with Crippen LogP contribution in [0.4, 0.5) is 0 Å². The first-order valence-corrected chi connectivity index (χ1v) is 8.23. The Morgan fingerprint density at radius 1 is 1.28 bits per heavy atom. The highest BCUT2D eigenvalue weighted by Crippen LogP contribution is 2.19. The van der Waals surface area contributed by atoms with E-state index in [4.69, 9.17) is 11.6 Å². The van der Waals surface area contributed by atoms with Crippen molar-refractivity contribution in [2.75, 3.05) is 6.26 Å². The summed E-state index contributed by atoms with van der Waals surface area (Å²) < 4.78 is 16.7. The number of benzene rings is 1. The fourth-order valence-electron chi connectivity index (χ4n) is 1.33. The Kier molecular flexibility index (Phi) is 3.85. The maximum absolute atomic E-state index is 12.3. The molecule has 0 N–H and O–H groups in total. The summed E-state index contributed by atoms with van der Waals surface area (Å²) in [6.45, 7) is 0. The van der Waals surface area contributed by atoms with Crippen LogP contribution in [0.2, 0.25) is 5.02 Å². The van der Waals surface area contributed by atoms with Gasteiger partial charge in [0.15, 0.2) is 0 Å². The number of rotatable bonds is 2. The molecular formula is C12H10ClNO2S2. The van der Waals surface area contributed by atoms with Gasteiger partial charge in [-0.1, -0.05) is 17.7 Å². The Bertz CT molecular complexity index is 669. The standard InChI is InChI=1S/C12H10ClNO2S2/c1-18(16,11-3-2-8-17-11)14-12(15)9-4-6-10(13)7-5-9/h2-8H,1H3/t18-/m1/s1. The van der Waals surface area contributed by atoms with E-state index < -0.39 is 15.6 Å². The molecule has 2 rings (SSSR count). The predicted molar refractivity (Wildman–Crippen MR) is 74.9 cm³/mol. The van der Waals surface area contributed by atoms with E-state index in [1.54, 1.807) is 41.8 Å². The minimum atomic E-state index is -2.66. The minimum Gasteiger partial charge on any atom is -0.266 e. The van der Waals surface area contributed by atoms with Gasteiger partial charge in [-0.15, -0.1) is 11.3 Å². The van der Waals surface area contributed by atoms with Crippen LogP contribution in [0.3, 0.4) is 0 Å². The maximum Gasteiger partial charge on any atom is 0.285 e. The van der Waals surface area contributed by atoms with E-state index in [2.05, 4.69) is 4.36 Å². The lowest BCUT2D eigenvalue weighted by Crippen LogP contribution is -2.02. The molecule has 0 spiro atoms. The highest BCUT2D eigenvalue weighted by molar-refractivity contribution is 7.95. The number of hydrogen-bond acceptors (Lipinski definition) is 3. The van der Waals surface area contributed by atoms with Crippen LogP contribution in [0.25, 0.3) is 0 Å². The van der Waals surface area contributed by atoms with Crippen molar-refractivity contribution >= 4 is 38.6 Å². The SMILES string of the molecule is C[S@](=O)(=NC(=O)c1ccc(Cl)cc1)c1cccs1. The van der Waals surface area contributed by atoms with Gasteiger partial charge in [-0.2, -0.15) is 4.36 Å². The van der Waals surface area contributed by atoms with Gasteiger partial charge in [0.1, 0.15) is 0 Å². The van der Waals surface area contributed by atoms with E-state index in [0.29, 0.717) is 14.8 Å². The molecule has 1 amide bonds. The molecule has 0 aliphatic rings. The summed E-state index contributed by atoms with van der Waals surface area (Å²) >= 11 is 7.06. The van der Waals surface area contributed by atoms with Crippen LogP contribution >= 0.6 is 22.9 Å². The number of halogens is 1. The van der Waals surface area contributed by atoms with Crippen molar-refractivity contribution in [2.45, 2.75) is 4.21 Å². The highest BCUT2D eigenvalue weighted by Gasteiger charge is 2.11. The zero-order valence-electron chi connectivity index (χ0n) is 9.50. The molecular weight excluding hydrogens is 290 g/mol. The second-order valence-corrected chi connectivity index (χ2v) is 7.51. The van der Waals surface area contributed by atoms with Crippen molar-refractivity contribution in [3.63, 3.8) is 0 Å². The van der Waals surface area contributed by atoms with Gasteiger partial charge < -0.3 is 0 Å². The third kappa shape index (κ3) is 2.98. The molecule has 2 aromatic rings. The molecule has 0 aliphatic heterocycles. The van der Waals surface area contributed by atoms with Gasteiger partial charge >= 0.3 is 0 Å². The van der Waals surface area contributed by atoms with Gasteiger partial charge in [-0.05, 0) is 35.7 Å². The van der Waals surface area contributed by atoms with Gasteiger partial charge in [0.05, 0.1) is 13.9 Å². The Balaban J connectivity index is 2.36. The van der Waals surface area contributed by atoms with Crippen molar-refractivity contribution in [2.24, 2.45) is 4.36 Å². The van der Waals surface area contributed by atoms with E-state index in [1.165, 1.54) is 17.6 Å². The number of amides is 1. The molecule has 1 atom stereocenters. The van der Waals surface area contributed by atoms with Crippen molar-refractivity contribution in [1.82, 2.24) is 0 Å². The number of thiophene rings is 1. The zero-order chi connectivity index (χ0) is 13.2. The summed E-state index contributed by atoms with van der Waals surface area (Å²) in [5.74, 6) is -0.493. The van der Waals surface area contributed by atoms with Gasteiger partial charge in [0, 0.05) is 16.8 Å². The van der Waals surface area contributed by atoms with Crippen molar-refractivity contribution in [1.29, 1.82) is 0 Å². The van der Waals surface area contributed by atoms with Crippen molar-refractivity contribution < 1.29 is 9.00 Å². The van der Waals surface area contributed by atoms with Gasteiger partial charge in [-0.3, -0.25) is 4.79 Å². The van der Waals surface area contributed by atoms with Gasteiger partial charge in [0.25, 0.3) is 5.91 Å². The van der Waals surface area contributed by atoms with Crippen LogP contribution in [0.5, 0.6) is 0 Å². The molecule has 0 fully saturated rings. The smallest absolute Gasteiger partial charge is 0.266 e. The molecule has 0 bridgehead atoms. The Morgan fingerprint density at radius 2 is 1.94 bits per heavy atom. The second-order valence-electron chi connectivity index (χ2n) is 3.64. The lowest BCUT2D eigenvalue weighted by molar-refractivity contribution is 0.100. The molecule has 3 nitrogen and oxygen atoms in total. The first-order valence-electron chi connectivity index (χ1n) is 5.04. The summed E-state index contributed by atoms with van der Waals surface area (Å²) in [5, 5.41) is 2.35. The largest absolute Gasteiger partial charge is 0.285 e. The molecule has 94 valence electrons. The average molecular weight is 300 g/mol. The topological polar surface area (TPSA) is 46.5 Å². The van der Waals surface area contributed by atoms with E-state index in [0.717, 1.165) is 0 Å². The lowest BCUT2D eigenvalue weighted by atomic mass is 10.2. The molecule has 0 saturated heterocycles. The van der Waals surface area contributed by atoms with E-state index in [-0.39, 0.29) is 0 Å². The van der Waals surface area contributed by atoms with Crippen LogP contribution < -0.4 is 0 Å². The highest BCUT2D eigenvalue weighted by atomic mass is 35.5. The van der Waals surface area contributed by atoms with E-state index >= 15 is 0 Å². The summed E-state index contributed by atoms with van der Waals surface area (Å²) in [7, 11) is -2.66. The summed E-state index contributed by atoms with van der Waals surface area (Å²) in [4.78, 5) is 11.9. The van der Waals surface area contributed by atoms with Gasteiger partial charge in [0.2, 0.25) is 0 Å². The number of carbonyl (C=O) groups is 1. The number of hydrogen-bond donors (Lipinski definition) is 0.